The standard InChI is InChI=1S/C26H49N3O5/c1-3-5-7-8-9-10-11-12-13-14-15-16-26(32)34-24-21-22(20-23(24)30)27-25(31)17-19-29(28-33)18-6-4-2/h22-24,30H,3-21H2,1-2H3,(H,27,31). The van der Waals surface area contributed by atoms with Gasteiger partial charge in [0, 0.05) is 38.4 Å². The van der Waals surface area contributed by atoms with Crippen LogP contribution < -0.4 is 5.32 Å². The molecule has 0 aromatic carbocycles. The maximum Gasteiger partial charge on any atom is 0.306 e. The Hall–Kier alpha value is -1.70. The fourth-order valence-electron chi connectivity index (χ4n) is 4.45. The lowest BCUT2D eigenvalue weighted by molar-refractivity contribution is -0.153. The van der Waals surface area contributed by atoms with Crippen LogP contribution in [0.4, 0.5) is 0 Å². The third-order valence-corrected chi connectivity index (χ3v) is 6.59. The van der Waals surface area contributed by atoms with Gasteiger partial charge in [-0.3, -0.25) is 14.6 Å². The minimum atomic E-state index is -0.760. The first-order chi connectivity index (χ1) is 16.5. The highest BCUT2D eigenvalue weighted by Gasteiger charge is 2.36. The van der Waals surface area contributed by atoms with Crippen LogP contribution >= 0.6 is 0 Å². The first-order valence-electron chi connectivity index (χ1n) is 13.7. The van der Waals surface area contributed by atoms with Gasteiger partial charge in [-0.15, -0.1) is 4.91 Å². The molecule has 1 fully saturated rings. The Balaban J connectivity index is 2.10. The van der Waals surface area contributed by atoms with E-state index in [4.69, 9.17) is 4.74 Å². The van der Waals surface area contributed by atoms with Crippen LogP contribution in [0.25, 0.3) is 0 Å². The van der Waals surface area contributed by atoms with Gasteiger partial charge in [0.25, 0.3) is 0 Å². The Kier molecular flexibility index (Phi) is 17.5. The summed E-state index contributed by atoms with van der Waals surface area (Å²) in [5.41, 5.74) is 0. The average molecular weight is 484 g/mol. The van der Waals surface area contributed by atoms with Crippen molar-refractivity contribution >= 4 is 11.9 Å². The van der Waals surface area contributed by atoms with Gasteiger partial charge in [-0.05, 0) is 19.3 Å². The van der Waals surface area contributed by atoms with E-state index in [9.17, 15) is 19.6 Å². The molecule has 1 aliphatic rings. The fraction of sp³-hybridized carbons (Fsp3) is 0.923. The third kappa shape index (κ3) is 14.5. The summed E-state index contributed by atoms with van der Waals surface area (Å²) in [6.45, 7) is 5.10. The maximum atomic E-state index is 12.2. The summed E-state index contributed by atoms with van der Waals surface area (Å²) in [5, 5.41) is 17.4. The van der Waals surface area contributed by atoms with Gasteiger partial charge in [0.05, 0.1) is 11.4 Å². The monoisotopic (exact) mass is 483 g/mol. The fourth-order valence-corrected chi connectivity index (χ4v) is 4.45. The largest absolute Gasteiger partial charge is 0.460 e. The van der Waals surface area contributed by atoms with Crippen LogP contribution in [0.1, 0.15) is 123 Å². The van der Waals surface area contributed by atoms with Crippen LogP contribution in [-0.2, 0) is 14.3 Å². The number of hydrogen-bond donors (Lipinski definition) is 2. The van der Waals surface area contributed by atoms with Crippen molar-refractivity contribution in [1.82, 2.24) is 10.3 Å². The normalized spacial score (nSPS) is 19.7. The molecule has 3 unspecified atom stereocenters. The van der Waals surface area contributed by atoms with Crippen LogP contribution in [0.15, 0.2) is 5.29 Å². The Morgan fingerprint density at radius 2 is 1.44 bits per heavy atom. The van der Waals surface area contributed by atoms with Gasteiger partial charge in [-0.25, -0.2) is 0 Å². The predicted molar refractivity (Wildman–Crippen MR) is 135 cm³/mol. The number of carbonyl (C=O) groups excluding carboxylic acids is 2. The number of nitroso groups, excluding NO2 is 1. The summed E-state index contributed by atoms with van der Waals surface area (Å²) < 4.78 is 5.48. The number of rotatable bonds is 21. The topological polar surface area (TPSA) is 108 Å². The van der Waals surface area contributed by atoms with Gasteiger partial charge >= 0.3 is 5.97 Å². The Morgan fingerprint density at radius 3 is 2.03 bits per heavy atom. The van der Waals surface area contributed by atoms with Crippen LogP contribution in [0.2, 0.25) is 0 Å². The van der Waals surface area contributed by atoms with Crippen molar-refractivity contribution in [2.45, 2.75) is 141 Å². The van der Waals surface area contributed by atoms with Gasteiger partial charge in [0.15, 0.2) is 0 Å². The summed E-state index contributed by atoms with van der Waals surface area (Å²) >= 11 is 0. The number of carbonyl (C=O) groups is 2. The molecular weight excluding hydrogens is 434 g/mol. The number of esters is 1. The molecule has 0 aromatic rings. The summed E-state index contributed by atoms with van der Waals surface area (Å²) in [6, 6.07) is -0.226. The number of hydrogen-bond acceptors (Lipinski definition) is 6. The van der Waals surface area contributed by atoms with Crippen LogP contribution in [0.5, 0.6) is 0 Å². The SMILES string of the molecule is CCCCCCCCCCCCCC(=O)OC1CC(NC(=O)CCN(CCCC)N=O)CC1O. The first kappa shape index (κ1) is 30.3. The van der Waals surface area contributed by atoms with Crippen molar-refractivity contribution in [3.63, 3.8) is 0 Å². The molecule has 0 spiro atoms. The number of aliphatic hydroxyl groups excluding tert-OH is 1. The van der Waals surface area contributed by atoms with E-state index < -0.39 is 12.2 Å². The Bertz CT molecular complexity index is 561. The zero-order chi connectivity index (χ0) is 25.0. The van der Waals surface area contributed by atoms with Crippen molar-refractivity contribution in [2.24, 2.45) is 5.29 Å². The molecule has 3 atom stereocenters. The molecular formula is C26H49N3O5. The lowest BCUT2D eigenvalue weighted by Gasteiger charge is -2.17. The highest BCUT2D eigenvalue weighted by atomic mass is 16.6. The highest BCUT2D eigenvalue weighted by Crippen LogP contribution is 2.24. The quantitative estimate of drug-likeness (QED) is 0.0977. The van der Waals surface area contributed by atoms with Crippen molar-refractivity contribution in [2.75, 3.05) is 13.1 Å². The molecule has 0 saturated heterocycles. The molecule has 0 radical (unpaired) electrons. The van der Waals surface area contributed by atoms with Crippen molar-refractivity contribution in [3.05, 3.63) is 4.91 Å². The molecule has 1 rings (SSSR count). The van der Waals surface area contributed by atoms with E-state index in [-0.39, 0.29) is 30.9 Å². The van der Waals surface area contributed by atoms with Gasteiger partial charge in [-0.1, -0.05) is 84.5 Å². The first-order valence-corrected chi connectivity index (χ1v) is 13.7. The van der Waals surface area contributed by atoms with E-state index >= 15 is 0 Å². The van der Waals surface area contributed by atoms with Gasteiger partial charge in [0.1, 0.15) is 6.10 Å². The molecule has 1 saturated carbocycles. The van der Waals surface area contributed by atoms with Crippen molar-refractivity contribution < 1.29 is 19.4 Å². The molecule has 8 heteroatoms. The van der Waals surface area contributed by atoms with E-state index in [0.717, 1.165) is 32.1 Å². The van der Waals surface area contributed by atoms with Crippen LogP contribution in [0, 0.1) is 4.91 Å². The minimum absolute atomic E-state index is 0.172. The lowest BCUT2D eigenvalue weighted by Crippen LogP contribution is -2.35. The zero-order valence-electron chi connectivity index (χ0n) is 21.6. The molecule has 0 aromatic heterocycles. The van der Waals surface area contributed by atoms with Crippen LogP contribution in [0.3, 0.4) is 0 Å². The number of aliphatic hydroxyl groups is 1. The minimum Gasteiger partial charge on any atom is -0.460 e. The van der Waals surface area contributed by atoms with Gasteiger partial charge in [0.2, 0.25) is 5.91 Å². The summed E-state index contributed by atoms with van der Waals surface area (Å²) in [6.07, 6.45) is 15.3. The smallest absolute Gasteiger partial charge is 0.306 e. The molecule has 34 heavy (non-hydrogen) atoms. The van der Waals surface area contributed by atoms with Crippen molar-refractivity contribution in [3.8, 4) is 0 Å². The zero-order valence-corrected chi connectivity index (χ0v) is 21.6. The van der Waals surface area contributed by atoms with Crippen LogP contribution in [-0.4, -0.2) is 53.3 Å². The number of ether oxygens (including phenoxy) is 1. The third-order valence-electron chi connectivity index (χ3n) is 6.59. The van der Waals surface area contributed by atoms with Gasteiger partial charge in [-0.2, -0.15) is 0 Å². The highest BCUT2D eigenvalue weighted by molar-refractivity contribution is 5.76. The molecule has 1 aliphatic carbocycles. The average Bonchev–Trinajstić information content (AvgIpc) is 3.15. The van der Waals surface area contributed by atoms with Gasteiger partial charge < -0.3 is 15.2 Å². The molecule has 0 heterocycles. The molecule has 1 amide bonds. The van der Waals surface area contributed by atoms with Crippen molar-refractivity contribution in [1.29, 1.82) is 0 Å². The molecule has 2 N–H and O–H groups in total. The predicted octanol–water partition coefficient (Wildman–Crippen LogP) is 5.41. The van der Waals surface area contributed by atoms with E-state index in [1.165, 1.54) is 56.4 Å². The number of nitrogens with one attached hydrogen (secondary N) is 1. The lowest BCUT2D eigenvalue weighted by atomic mass is 10.1. The molecule has 0 aliphatic heterocycles. The molecule has 8 nitrogen and oxygen atoms in total. The number of unbranched alkanes of at least 4 members (excludes halogenated alkanes) is 11. The summed E-state index contributed by atoms with van der Waals surface area (Å²) in [5.74, 6) is -0.453. The number of amides is 1. The van der Waals surface area contributed by atoms with E-state index in [0.29, 0.717) is 25.8 Å². The summed E-state index contributed by atoms with van der Waals surface area (Å²) in [7, 11) is 0. The summed E-state index contributed by atoms with van der Waals surface area (Å²) in [4.78, 5) is 35.2. The Morgan fingerprint density at radius 1 is 0.853 bits per heavy atom. The Labute approximate surface area is 206 Å². The second-order valence-corrected chi connectivity index (χ2v) is 9.76. The second-order valence-electron chi connectivity index (χ2n) is 9.76. The van der Waals surface area contributed by atoms with E-state index in [1.807, 2.05) is 6.92 Å². The second kappa shape index (κ2) is 19.6. The van der Waals surface area contributed by atoms with E-state index in [1.54, 1.807) is 0 Å². The molecule has 198 valence electrons. The maximum absolute atomic E-state index is 12.2. The van der Waals surface area contributed by atoms with E-state index in [2.05, 4.69) is 17.5 Å². The molecule has 0 bridgehead atoms. The number of nitrogens with zero attached hydrogens (tertiary/aromatic N) is 2.